The first-order valence-corrected chi connectivity index (χ1v) is 5.30. The average molecular weight is 237 g/mol. The Kier molecular flexibility index (Phi) is 2.12. The first-order valence-electron chi connectivity index (χ1n) is 4.93. The minimum absolute atomic E-state index is 0.0828. The molecule has 0 unspecified atom stereocenters. The molecule has 0 aliphatic carbocycles. The predicted molar refractivity (Wildman–Crippen MR) is 59.9 cm³/mol. The van der Waals surface area contributed by atoms with Crippen molar-refractivity contribution >= 4 is 11.6 Å². The highest BCUT2D eigenvalue weighted by Crippen LogP contribution is 2.20. The van der Waals surface area contributed by atoms with Crippen molar-refractivity contribution in [3.05, 3.63) is 50.9 Å². The lowest BCUT2D eigenvalue weighted by atomic mass is 10.3. The second-order valence-corrected chi connectivity index (χ2v) is 4.06. The molecule has 0 bridgehead atoms. The molecule has 3 rings (SSSR count). The summed E-state index contributed by atoms with van der Waals surface area (Å²) in [5.41, 5.74) is 2.12. The Bertz CT molecular complexity index is 600. The number of aromatic nitrogens is 2. The zero-order chi connectivity index (χ0) is 11.1. The molecule has 0 radical (unpaired) electrons. The third-order valence-electron chi connectivity index (χ3n) is 2.66. The smallest absolute Gasteiger partial charge is 0.277 e. The minimum Gasteiger partial charge on any atom is -0.370 e. The van der Waals surface area contributed by atoms with Crippen molar-refractivity contribution in [1.29, 1.82) is 0 Å². The van der Waals surface area contributed by atoms with Crippen LogP contribution in [-0.4, -0.2) is 9.78 Å². The standard InChI is InChI=1S/C11H9ClN2O2/c12-8-3-1-2-4-10(8)14-11(15)7-5-16-6-9(7)13-14/h1-4,13H,5-6H2. The number of fused-ring (bicyclic) bond motifs is 1. The zero-order valence-electron chi connectivity index (χ0n) is 8.37. The minimum atomic E-state index is -0.0828. The summed E-state index contributed by atoms with van der Waals surface area (Å²) in [6, 6.07) is 7.23. The number of H-pyrrole nitrogens is 1. The summed E-state index contributed by atoms with van der Waals surface area (Å²) in [6.45, 7) is 0.837. The molecule has 1 aliphatic heterocycles. The second-order valence-electron chi connectivity index (χ2n) is 3.65. The van der Waals surface area contributed by atoms with Crippen molar-refractivity contribution in [3.8, 4) is 5.69 Å². The molecular weight excluding hydrogens is 228 g/mol. The number of rotatable bonds is 1. The molecule has 1 aromatic heterocycles. The topological polar surface area (TPSA) is 47.0 Å². The fourth-order valence-electron chi connectivity index (χ4n) is 1.84. The quantitative estimate of drug-likeness (QED) is 0.822. The molecule has 1 N–H and O–H groups in total. The van der Waals surface area contributed by atoms with Gasteiger partial charge < -0.3 is 4.74 Å². The fourth-order valence-corrected chi connectivity index (χ4v) is 2.06. The maximum atomic E-state index is 12.0. The summed E-state index contributed by atoms with van der Waals surface area (Å²) < 4.78 is 6.65. The van der Waals surface area contributed by atoms with Gasteiger partial charge in [-0.25, -0.2) is 4.68 Å². The monoisotopic (exact) mass is 236 g/mol. The van der Waals surface area contributed by atoms with Gasteiger partial charge in [0.25, 0.3) is 5.56 Å². The van der Waals surface area contributed by atoms with E-state index in [2.05, 4.69) is 5.10 Å². The van der Waals surface area contributed by atoms with Gasteiger partial charge in [-0.05, 0) is 12.1 Å². The normalized spacial score (nSPS) is 14.1. The van der Waals surface area contributed by atoms with Crippen molar-refractivity contribution < 1.29 is 4.74 Å². The van der Waals surface area contributed by atoms with Crippen LogP contribution < -0.4 is 5.56 Å². The Morgan fingerprint density at radius 2 is 2.12 bits per heavy atom. The van der Waals surface area contributed by atoms with Crippen LogP contribution in [0.15, 0.2) is 29.1 Å². The van der Waals surface area contributed by atoms with Crippen molar-refractivity contribution in [2.24, 2.45) is 0 Å². The van der Waals surface area contributed by atoms with Gasteiger partial charge in [0.2, 0.25) is 0 Å². The van der Waals surface area contributed by atoms with Crippen LogP contribution >= 0.6 is 11.6 Å². The molecule has 2 aromatic rings. The maximum absolute atomic E-state index is 12.0. The third kappa shape index (κ3) is 1.31. The van der Waals surface area contributed by atoms with E-state index >= 15 is 0 Å². The lowest BCUT2D eigenvalue weighted by Crippen LogP contribution is -2.17. The molecule has 5 heteroatoms. The van der Waals surface area contributed by atoms with Crippen LogP contribution in [-0.2, 0) is 18.0 Å². The summed E-state index contributed by atoms with van der Waals surface area (Å²) in [7, 11) is 0. The lowest BCUT2D eigenvalue weighted by Gasteiger charge is -2.04. The van der Waals surface area contributed by atoms with E-state index in [0.29, 0.717) is 29.5 Å². The first kappa shape index (κ1) is 9.69. The molecule has 0 saturated carbocycles. The first-order chi connectivity index (χ1) is 7.77. The van der Waals surface area contributed by atoms with Gasteiger partial charge in [0, 0.05) is 0 Å². The summed E-state index contributed by atoms with van der Waals surface area (Å²) >= 11 is 6.04. The Morgan fingerprint density at radius 3 is 2.88 bits per heavy atom. The van der Waals surface area contributed by atoms with Gasteiger partial charge >= 0.3 is 0 Å². The van der Waals surface area contributed by atoms with Crippen LogP contribution in [0.3, 0.4) is 0 Å². The molecular formula is C11H9ClN2O2. The SMILES string of the molecule is O=c1c2c([nH]n1-c1ccccc1Cl)COC2. The Morgan fingerprint density at radius 1 is 1.31 bits per heavy atom. The lowest BCUT2D eigenvalue weighted by molar-refractivity contribution is 0.130. The van der Waals surface area contributed by atoms with Crippen LogP contribution in [0.1, 0.15) is 11.3 Å². The molecule has 1 aliphatic rings. The van der Waals surface area contributed by atoms with Gasteiger partial charge in [0.1, 0.15) is 0 Å². The van der Waals surface area contributed by atoms with E-state index in [4.69, 9.17) is 16.3 Å². The van der Waals surface area contributed by atoms with Crippen molar-refractivity contribution in [1.82, 2.24) is 9.78 Å². The summed E-state index contributed by atoms with van der Waals surface area (Å²) in [5, 5.41) is 3.56. The van der Waals surface area contributed by atoms with Gasteiger partial charge in [0.05, 0.1) is 35.2 Å². The summed E-state index contributed by atoms with van der Waals surface area (Å²) in [5.74, 6) is 0. The number of nitrogens with zero attached hydrogens (tertiary/aromatic N) is 1. The van der Waals surface area contributed by atoms with Crippen molar-refractivity contribution in [3.63, 3.8) is 0 Å². The number of benzene rings is 1. The highest BCUT2D eigenvalue weighted by atomic mass is 35.5. The van der Waals surface area contributed by atoms with E-state index in [1.165, 1.54) is 4.68 Å². The van der Waals surface area contributed by atoms with E-state index in [1.54, 1.807) is 12.1 Å². The molecule has 1 aromatic carbocycles. The number of hydrogen-bond acceptors (Lipinski definition) is 2. The van der Waals surface area contributed by atoms with Crippen molar-refractivity contribution in [2.45, 2.75) is 13.2 Å². The van der Waals surface area contributed by atoms with Crippen LogP contribution in [0.2, 0.25) is 5.02 Å². The molecule has 16 heavy (non-hydrogen) atoms. The molecule has 0 atom stereocenters. The Labute approximate surface area is 96.4 Å². The molecule has 0 fully saturated rings. The number of nitrogens with one attached hydrogen (secondary N) is 1. The fraction of sp³-hybridized carbons (Fsp3) is 0.182. The maximum Gasteiger partial charge on any atom is 0.277 e. The van der Waals surface area contributed by atoms with E-state index in [-0.39, 0.29) is 5.56 Å². The highest BCUT2D eigenvalue weighted by Gasteiger charge is 2.20. The molecule has 4 nitrogen and oxygen atoms in total. The van der Waals surface area contributed by atoms with Gasteiger partial charge in [-0.15, -0.1) is 0 Å². The molecule has 82 valence electrons. The van der Waals surface area contributed by atoms with E-state index < -0.39 is 0 Å². The average Bonchev–Trinajstić information content (AvgIpc) is 2.83. The van der Waals surface area contributed by atoms with Gasteiger partial charge in [0.15, 0.2) is 0 Å². The largest absolute Gasteiger partial charge is 0.370 e. The highest BCUT2D eigenvalue weighted by molar-refractivity contribution is 6.32. The predicted octanol–water partition coefficient (Wildman–Crippen LogP) is 1.85. The van der Waals surface area contributed by atoms with Crippen LogP contribution in [0.5, 0.6) is 0 Å². The molecule has 0 amide bonds. The number of ether oxygens (including phenoxy) is 1. The number of aromatic amines is 1. The van der Waals surface area contributed by atoms with Crippen LogP contribution in [0.4, 0.5) is 0 Å². The van der Waals surface area contributed by atoms with Gasteiger partial charge in [-0.3, -0.25) is 9.89 Å². The van der Waals surface area contributed by atoms with Crippen LogP contribution in [0, 0.1) is 0 Å². The second kappa shape index (κ2) is 3.50. The van der Waals surface area contributed by atoms with E-state index in [0.717, 1.165) is 5.69 Å². The van der Waals surface area contributed by atoms with E-state index in [9.17, 15) is 4.79 Å². The van der Waals surface area contributed by atoms with Gasteiger partial charge in [-0.1, -0.05) is 23.7 Å². The Balaban J connectivity index is 2.22. The Hall–Kier alpha value is -1.52. The van der Waals surface area contributed by atoms with Crippen molar-refractivity contribution in [2.75, 3.05) is 0 Å². The van der Waals surface area contributed by atoms with Crippen LogP contribution in [0.25, 0.3) is 5.69 Å². The number of halogens is 1. The molecule has 0 saturated heterocycles. The summed E-state index contributed by atoms with van der Waals surface area (Å²) in [4.78, 5) is 12.0. The zero-order valence-corrected chi connectivity index (χ0v) is 9.12. The molecule has 0 spiro atoms. The third-order valence-corrected chi connectivity index (χ3v) is 2.98. The summed E-state index contributed by atoms with van der Waals surface area (Å²) in [6.07, 6.45) is 0. The van der Waals surface area contributed by atoms with Gasteiger partial charge in [-0.2, -0.15) is 0 Å². The number of para-hydroxylation sites is 1. The number of hydrogen-bond donors (Lipinski definition) is 1. The van der Waals surface area contributed by atoms with E-state index in [1.807, 2.05) is 12.1 Å². The molecule has 2 heterocycles.